The standard InChI is InChI=1S/C26H25N3O4S/c1-29-13-12-20-21(15-29)34-26-23(20)25(31)27-24(28-26)17-4-3-5-19(14-17)33-22(30)11-8-16-6-9-18(32-2)10-7-16/h3-11,14,24,28H,12-13,15H2,1-2H3,(H,27,31)/b11-8+/t24-/m1/s1. The predicted octanol–water partition coefficient (Wildman–Crippen LogP) is 4.22. The van der Waals surface area contributed by atoms with E-state index in [0.717, 1.165) is 52.5 Å². The van der Waals surface area contributed by atoms with Gasteiger partial charge in [-0.25, -0.2) is 4.79 Å². The Balaban J connectivity index is 1.28. The summed E-state index contributed by atoms with van der Waals surface area (Å²) in [6.45, 7) is 1.81. The molecule has 174 valence electrons. The third kappa shape index (κ3) is 4.55. The quantitative estimate of drug-likeness (QED) is 0.327. The highest BCUT2D eigenvalue weighted by atomic mass is 32.1. The number of hydrogen-bond acceptors (Lipinski definition) is 7. The van der Waals surface area contributed by atoms with E-state index in [1.54, 1.807) is 36.7 Å². The molecule has 2 aliphatic rings. The molecule has 7 nitrogen and oxygen atoms in total. The Morgan fingerprint density at radius 1 is 1.15 bits per heavy atom. The van der Waals surface area contributed by atoms with Crippen LogP contribution in [0, 0.1) is 0 Å². The monoisotopic (exact) mass is 475 g/mol. The summed E-state index contributed by atoms with van der Waals surface area (Å²) >= 11 is 1.65. The molecule has 0 aliphatic carbocycles. The van der Waals surface area contributed by atoms with Gasteiger partial charge in [-0.1, -0.05) is 24.3 Å². The summed E-state index contributed by atoms with van der Waals surface area (Å²) in [5.74, 6) is 0.620. The van der Waals surface area contributed by atoms with Gasteiger partial charge in [0, 0.05) is 24.0 Å². The fraction of sp³-hybridized carbons (Fsp3) is 0.231. The second-order valence-corrected chi connectivity index (χ2v) is 9.45. The number of hydrogen-bond donors (Lipinski definition) is 2. The number of amides is 1. The van der Waals surface area contributed by atoms with E-state index in [4.69, 9.17) is 9.47 Å². The Hall–Kier alpha value is -3.62. The number of ether oxygens (including phenoxy) is 2. The predicted molar refractivity (Wildman–Crippen MR) is 132 cm³/mol. The molecular formula is C26H25N3O4S. The summed E-state index contributed by atoms with van der Waals surface area (Å²) in [4.78, 5) is 28.8. The van der Waals surface area contributed by atoms with Gasteiger partial charge >= 0.3 is 5.97 Å². The van der Waals surface area contributed by atoms with E-state index >= 15 is 0 Å². The normalized spacial score (nSPS) is 17.5. The summed E-state index contributed by atoms with van der Waals surface area (Å²) in [5, 5.41) is 7.41. The molecule has 0 unspecified atom stereocenters. The molecule has 1 amide bonds. The molecule has 0 fully saturated rings. The SMILES string of the molecule is COc1ccc(/C=C/C(=O)Oc2cccc([C@@H]3NC(=O)c4c(sc5c4CCN(C)C5)N3)c2)cc1. The second kappa shape index (κ2) is 9.32. The number of fused-ring (bicyclic) bond motifs is 3. The molecule has 1 aromatic heterocycles. The van der Waals surface area contributed by atoms with Gasteiger partial charge < -0.3 is 25.0 Å². The van der Waals surface area contributed by atoms with Gasteiger partial charge in [0.2, 0.25) is 0 Å². The summed E-state index contributed by atoms with van der Waals surface area (Å²) in [7, 11) is 3.70. The maximum atomic E-state index is 12.9. The number of rotatable bonds is 5. The molecule has 1 atom stereocenters. The van der Waals surface area contributed by atoms with Gasteiger partial charge in [-0.2, -0.15) is 0 Å². The average molecular weight is 476 g/mol. The molecule has 34 heavy (non-hydrogen) atoms. The number of methoxy groups -OCH3 is 1. The lowest BCUT2D eigenvalue weighted by molar-refractivity contribution is -0.128. The van der Waals surface area contributed by atoms with Gasteiger partial charge in [0.25, 0.3) is 5.91 Å². The van der Waals surface area contributed by atoms with Crippen molar-refractivity contribution in [3.63, 3.8) is 0 Å². The molecule has 0 radical (unpaired) electrons. The Kier molecular flexibility index (Phi) is 6.08. The van der Waals surface area contributed by atoms with Crippen molar-refractivity contribution < 1.29 is 19.1 Å². The molecule has 3 aromatic rings. The molecule has 5 rings (SSSR count). The highest BCUT2D eigenvalue weighted by molar-refractivity contribution is 7.16. The van der Waals surface area contributed by atoms with Gasteiger partial charge in [-0.05, 0) is 60.5 Å². The summed E-state index contributed by atoms with van der Waals surface area (Å²) in [6, 6.07) is 14.6. The molecule has 2 aliphatic heterocycles. The van der Waals surface area contributed by atoms with Crippen LogP contribution in [0.15, 0.2) is 54.6 Å². The lowest BCUT2D eigenvalue weighted by atomic mass is 10.0. The minimum absolute atomic E-state index is 0.0642. The Morgan fingerprint density at radius 2 is 1.97 bits per heavy atom. The molecule has 2 N–H and O–H groups in total. The van der Waals surface area contributed by atoms with Crippen LogP contribution < -0.4 is 20.1 Å². The second-order valence-electron chi connectivity index (χ2n) is 8.35. The fourth-order valence-corrected chi connectivity index (χ4v) is 5.55. The van der Waals surface area contributed by atoms with Crippen LogP contribution >= 0.6 is 11.3 Å². The molecule has 0 bridgehead atoms. The number of carbonyl (C=O) groups is 2. The van der Waals surface area contributed by atoms with E-state index < -0.39 is 12.1 Å². The summed E-state index contributed by atoms with van der Waals surface area (Å²) in [5.41, 5.74) is 3.61. The van der Waals surface area contributed by atoms with Crippen molar-refractivity contribution in [2.75, 3.05) is 26.0 Å². The fourth-order valence-electron chi connectivity index (χ4n) is 4.20. The van der Waals surface area contributed by atoms with Crippen molar-refractivity contribution in [2.24, 2.45) is 0 Å². The van der Waals surface area contributed by atoms with Crippen molar-refractivity contribution in [3.8, 4) is 11.5 Å². The Bertz CT molecular complexity index is 1270. The van der Waals surface area contributed by atoms with Crippen molar-refractivity contribution in [1.82, 2.24) is 10.2 Å². The molecule has 0 saturated carbocycles. The van der Waals surface area contributed by atoms with Crippen LogP contribution in [-0.4, -0.2) is 37.5 Å². The minimum atomic E-state index is -0.481. The zero-order chi connectivity index (χ0) is 23.7. The van der Waals surface area contributed by atoms with Crippen LogP contribution in [0.3, 0.4) is 0 Å². The number of esters is 1. The summed E-state index contributed by atoms with van der Waals surface area (Å²) in [6.07, 6.45) is 3.56. The third-order valence-corrected chi connectivity index (χ3v) is 7.11. The smallest absolute Gasteiger partial charge is 0.336 e. The first kappa shape index (κ1) is 22.2. The van der Waals surface area contributed by atoms with Crippen molar-refractivity contribution in [3.05, 3.63) is 81.7 Å². The zero-order valence-electron chi connectivity index (χ0n) is 19.0. The number of thiophene rings is 1. The van der Waals surface area contributed by atoms with E-state index in [1.165, 1.54) is 11.0 Å². The molecule has 3 heterocycles. The Labute approximate surface area is 202 Å². The number of likely N-dealkylation sites (N-methyl/N-ethyl adjacent to an activating group) is 1. The minimum Gasteiger partial charge on any atom is -0.497 e. The molecule has 2 aromatic carbocycles. The molecule has 0 saturated heterocycles. The first-order chi connectivity index (χ1) is 16.5. The van der Waals surface area contributed by atoms with Gasteiger partial charge in [0.05, 0.1) is 12.7 Å². The Morgan fingerprint density at radius 3 is 2.76 bits per heavy atom. The van der Waals surface area contributed by atoms with E-state index in [9.17, 15) is 9.59 Å². The lowest BCUT2D eigenvalue weighted by Crippen LogP contribution is -2.38. The highest BCUT2D eigenvalue weighted by Crippen LogP contribution is 2.40. The van der Waals surface area contributed by atoms with Crippen LogP contribution in [0.2, 0.25) is 0 Å². The lowest BCUT2D eigenvalue weighted by Gasteiger charge is -2.27. The molecule has 0 spiro atoms. The van der Waals surface area contributed by atoms with Crippen LogP contribution in [0.1, 0.15) is 38.1 Å². The van der Waals surface area contributed by atoms with Crippen LogP contribution in [-0.2, 0) is 17.8 Å². The largest absolute Gasteiger partial charge is 0.497 e. The van der Waals surface area contributed by atoms with Crippen LogP contribution in [0.4, 0.5) is 5.00 Å². The third-order valence-electron chi connectivity index (χ3n) is 5.96. The van der Waals surface area contributed by atoms with Gasteiger partial charge in [-0.3, -0.25) is 4.79 Å². The summed E-state index contributed by atoms with van der Waals surface area (Å²) < 4.78 is 10.6. The maximum Gasteiger partial charge on any atom is 0.336 e. The number of carbonyl (C=O) groups excluding carboxylic acids is 2. The van der Waals surface area contributed by atoms with Crippen molar-refractivity contribution >= 4 is 34.3 Å². The molecule has 8 heteroatoms. The number of anilines is 1. The number of nitrogens with zero attached hydrogens (tertiary/aromatic N) is 1. The van der Waals surface area contributed by atoms with E-state index in [2.05, 4.69) is 22.6 Å². The van der Waals surface area contributed by atoms with E-state index in [1.807, 2.05) is 36.4 Å². The van der Waals surface area contributed by atoms with Crippen molar-refractivity contribution in [1.29, 1.82) is 0 Å². The molecular weight excluding hydrogens is 450 g/mol. The average Bonchev–Trinajstić information content (AvgIpc) is 3.21. The van der Waals surface area contributed by atoms with Gasteiger partial charge in [-0.15, -0.1) is 11.3 Å². The van der Waals surface area contributed by atoms with Crippen molar-refractivity contribution in [2.45, 2.75) is 19.1 Å². The van der Waals surface area contributed by atoms with Gasteiger partial charge in [0.15, 0.2) is 0 Å². The van der Waals surface area contributed by atoms with Crippen LogP contribution in [0.5, 0.6) is 11.5 Å². The highest BCUT2D eigenvalue weighted by Gasteiger charge is 2.32. The number of nitrogens with one attached hydrogen (secondary N) is 2. The van der Waals surface area contributed by atoms with E-state index in [0.29, 0.717) is 5.75 Å². The number of benzene rings is 2. The van der Waals surface area contributed by atoms with Crippen LogP contribution in [0.25, 0.3) is 6.08 Å². The first-order valence-corrected chi connectivity index (χ1v) is 11.9. The zero-order valence-corrected chi connectivity index (χ0v) is 19.8. The topological polar surface area (TPSA) is 79.9 Å². The maximum absolute atomic E-state index is 12.9. The van der Waals surface area contributed by atoms with E-state index in [-0.39, 0.29) is 5.91 Å². The first-order valence-electron chi connectivity index (χ1n) is 11.0. The van der Waals surface area contributed by atoms with Gasteiger partial charge in [0.1, 0.15) is 22.7 Å².